The van der Waals surface area contributed by atoms with Crippen molar-refractivity contribution in [2.45, 2.75) is 0 Å². The summed E-state index contributed by atoms with van der Waals surface area (Å²) >= 11 is 0. The van der Waals surface area contributed by atoms with Gasteiger partial charge < -0.3 is 0 Å². The predicted octanol–water partition coefficient (Wildman–Crippen LogP) is 0.988. The number of hydrogen-bond donors (Lipinski definition) is 1. The zero-order chi connectivity index (χ0) is 7.03. The molecule has 10 heavy (non-hydrogen) atoms. The van der Waals surface area contributed by atoms with Gasteiger partial charge >= 0.3 is 0 Å². The number of hydroxylamine groups is 1. The summed E-state index contributed by atoms with van der Waals surface area (Å²) < 4.78 is 0.390. The van der Waals surface area contributed by atoms with Crippen LogP contribution in [0.4, 0.5) is 5.69 Å². The number of hydrogen-bond acceptors (Lipinski definition) is 2. The lowest BCUT2D eigenvalue weighted by Gasteiger charge is -1.98. The van der Waals surface area contributed by atoms with Gasteiger partial charge in [-0.1, -0.05) is 18.2 Å². The molecule has 1 fully saturated rings. The maximum absolute atomic E-state index is 4.97. The zero-order valence-corrected chi connectivity index (χ0v) is 5.74. The molecule has 1 atom stereocenters. The molecule has 0 amide bonds. The fourth-order valence-electron chi connectivity index (χ4n) is 0.879. The van der Waals surface area contributed by atoms with E-state index in [1.165, 1.54) is 0 Å². The van der Waals surface area contributed by atoms with E-state index in [1.807, 2.05) is 37.4 Å². The van der Waals surface area contributed by atoms with Crippen molar-refractivity contribution in [3.8, 4) is 0 Å². The van der Waals surface area contributed by atoms with Crippen LogP contribution in [0, 0.1) is 0 Å². The summed E-state index contributed by atoms with van der Waals surface area (Å²) in [6, 6.07) is 9.99. The number of quaternary nitrogens is 1. The van der Waals surface area contributed by atoms with Crippen LogP contribution in [0.1, 0.15) is 0 Å². The molecule has 1 aromatic carbocycles. The van der Waals surface area contributed by atoms with Gasteiger partial charge in [0.25, 0.3) is 0 Å². The smallest absolute Gasteiger partial charge is 0.0618 e. The molecule has 52 valence electrons. The van der Waals surface area contributed by atoms with E-state index in [9.17, 15) is 0 Å². The molecular formula is C7H9N2O+. The molecule has 0 aromatic heterocycles. The van der Waals surface area contributed by atoms with Gasteiger partial charge in [-0.2, -0.15) is 0 Å². The zero-order valence-electron chi connectivity index (χ0n) is 5.74. The summed E-state index contributed by atoms with van der Waals surface area (Å²) in [5, 5.41) is 0. The monoisotopic (exact) mass is 137 g/mol. The second-order valence-corrected chi connectivity index (χ2v) is 2.44. The third kappa shape index (κ3) is 0.806. The second kappa shape index (κ2) is 1.79. The van der Waals surface area contributed by atoms with E-state index in [-0.39, 0.29) is 0 Å². The Morgan fingerprint density at radius 2 is 1.90 bits per heavy atom. The van der Waals surface area contributed by atoms with Crippen LogP contribution >= 0.6 is 0 Å². The van der Waals surface area contributed by atoms with Crippen molar-refractivity contribution in [2.75, 3.05) is 7.05 Å². The van der Waals surface area contributed by atoms with Gasteiger partial charge in [-0.15, -0.1) is 0 Å². The quantitative estimate of drug-likeness (QED) is 0.462. The molecule has 0 saturated carbocycles. The Morgan fingerprint density at radius 3 is 2.40 bits per heavy atom. The van der Waals surface area contributed by atoms with E-state index >= 15 is 0 Å². The molecule has 1 aliphatic rings. The van der Waals surface area contributed by atoms with Crippen molar-refractivity contribution in [2.24, 2.45) is 0 Å². The van der Waals surface area contributed by atoms with Crippen LogP contribution in [-0.4, -0.2) is 7.05 Å². The Kier molecular flexibility index (Phi) is 1.05. The first-order chi connectivity index (χ1) is 4.81. The highest BCUT2D eigenvalue weighted by molar-refractivity contribution is 5.39. The molecule has 1 unspecified atom stereocenters. The highest BCUT2D eigenvalue weighted by atomic mass is 17.1. The molecule has 0 bridgehead atoms. The highest BCUT2D eigenvalue weighted by Gasteiger charge is 2.44. The SMILES string of the molecule is C[N+]1(c2ccccc2)NO1. The van der Waals surface area contributed by atoms with Gasteiger partial charge in [0.05, 0.1) is 5.59 Å². The van der Waals surface area contributed by atoms with Gasteiger partial charge in [-0.25, -0.2) is 0 Å². The van der Waals surface area contributed by atoms with Gasteiger partial charge in [0.15, 0.2) is 5.69 Å². The largest absolute Gasteiger partial charge is 0.189 e. The third-order valence-corrected chi connectivity index (χ3v) is 1.61. The Morgan fingerprint density at radius 1 is 1.30 bits per heavy atom. The van der Waals surface area contributed by atoms with E-state index in [1.54, 1.807) is 0 Å². The van der Waals surface area contributed by atoms with Crippen LogP contribution in [0.3, 0.4) is 0 Å². The fourth-order valence-corrected chi connectivity index (χ4v) is 0.879. The first-order valence-corrected chi connectivity index (χ1v) is 3.19. The van der Waals surface area contributed by atoms with E-state index < -0.39 is 0 Å². The van der Waals surface area contributed by atoms with E-state index in [0.29, 0.717) is 4.76 Å². The summed E-state index contributed by atoms with van der Waals surface area (Å²) in [6.45, 7) is 0. The summed E-state index contributed by atoms with van der Waals surface area (Å²) in [4.78, 5) is 4.97. The minimum absolute atomic E-state index is 0.390. The summed E-state index contributed by atoms with van der Waals surface area (Å²) in [7, 11) is 1.94. The minimum atomic E-state index is 0.390. The maximum atomic E-state index is 4.97. The Balaban J connectivity index is 2.35. The Bertz CT molecular complexity index is 231. The molecular weight excluding hydrogens is 128 g/mol. The van der Waals surface area contributed by atoms with Crippen molar-refractivity contribution in [1.29, 1.82) is 0 Å². The van der Waals surface area contributed by atoms with Crippen molar-refractivity contribution < 1.29 is 4.94 Å². The van der Waals surface area contributed by atoms with Crippen LogP contribution in [0.25, 0.3) is 0 Å². The molecule has 3 nitrogen and oxygen atoms in total. The standard InChI is InChI=1S/C7H9N2O/c1-9(8-10-9)7-5-3-2-4-6-7/h2-6,8H,1H3/q+1. The molecule has 1 N–H and O–H groups in total. The normalized spacial score (nSPS) is 30.1. The highest BCUT2D eigenvalue weighted by Crippen LogP contribution is 2.24. The minimum Gasteiger partial charge on any atom is -0.0618 e. The van der Waals surface area contributed by atoms with Gasteiger partial charge in [0.1, 0.15) is 7.05 Å². The topological polar surface area (TPSA) is 34.5 Å². The van der Waals surface area contributed by atoms with Crippen molar-refractivity contribution >= 4 is 5.69 Å². The van der Waals surface area contributed by atoms with Crippen LogP contribution < -0.4 is 10.3 Å². The van der Waals surface area contributed by atoms with Crippen LogP contribution in [0.2, 0.25) is 0 Å². The number of rotatable bonds is 1. The summed E-state index contributed by atoms with van der Waals surface area (Å²) in [6.07, 6.45) is 0. The molecule has 3 heteroatoms. The maximum Gasteiger partial charge on any atom is 0.189 e. The Hall–Kier alpha value is -0.900. The van der Waals surface area contributed by atoms with Gasteiger partial charge in [-0.05, 0) is 9.69 Å². The lowest BCUT2D eigenvalue weighted by molar-refractivity contribution is 0.232. The van der Waals surface area contributed by atoms with Crippen LogP contribution in [0.15, 0.2) is 30.3 Å². The first-order valence-electron chi connectivity index (χ1n) is 3.19. The average Bonchev–Trinajstić information content (AvgIpc) is 2.72. The number of para-hydroxylation sites is 1. The van der Waals surface area contributed by atoms with Gasteiger partial charge in [-0.3, -0.25) is 0 Å². The third-order valence-electron chi connectivity index (χ3n) is 1.61. The van der Waals surface area contributed by atoms with E-state index in [0.717, 1.165) is 5.69 Å². The molecule has 1 heterocycles. The molecule has 1 aliphatic heterocycles. The molecule has 2 rings (SSSR count). The fraction of sp³-hybridized carbons (Fsp3) is 0.143. The van der Waals surface area contributed by atoms with Gasteiger partial charge in [0.2, 0.25) is 0 Å². The van der Waals surface area contributed by atoms with E-state index in [4.69, 9.17) is 4.94 Å². The Labute approximate surface area is 59.3 Å². The summed E-state index contributed by atoms with van der Waals surface area (Å²) in [5.41, 5.74) is 3.88. The molecule has 1 aromatic rings. The number of nitrogens with zero attached hydrogens (tertiary/aromatic N) is 1. The lowest BCUT2D eigenvalue weighted by Crippen LogP contribution is -2.21. The lowest BCUT2D eigenvalue weighted by atomic mass is 10.3. The van der Waals surface area contributed by atoms with Crippen LogP contribution in [0.5, 0.6) is 0 Å². The number of nitrogens with one attached hydrogen (secondary N) is 1. The van der Waals surface area contributed by atoms with Crippen molar-refractivity contribution in [3.63, 3.8) is 0 Å². The molecule has 1 saturated heterocycles. The molecule has 0 aliphatic carbocycles. The predicted molar refractivity (Wildman–Crippen MR) is 38.4 cm³/mol. The van der Waals surface area contributed by atoms with Gasteiger partial charge in [0, 0.05) is 12.1 Å². The average molecular weight is 137 g/mol. The van der Waals surface area contributed by atoms with E-state index in [2.05, 4.69) is 5.59 Å². The first kappa shape index (κ1) is 5.85. The number of benzene rings is 1. The molecule has 0 spiro atoms. The second-order valence-electron chi connectivity index (χ2n) is 2.44. The molecule has 0 radical (unpaired) electrons. The van der Waals surface area contributed by atoms with Crippen molar-refractivity contribution in [3.05, 3.63) is 30.3 Å². The van der Waals surface area contributed by atoms with Crippen LogP contribution in [-0.2, 0) is 4.94 Å². The van der Waals surface area contributed by atoms with Crippen molar-refractivity contribution in [1.82, 2.24) is 10.3 Å². The summed E-state index contributed by atoms with van der Waals surface area (Å²) in [5.74, 6) is 0.